The maximum atomic E-state index is 8.76. The van der Waals surface area contributed by atoms with E-state index in [1.54, 1.807) is 0 Å². The first-order valence-corrected chi connectivity index (χ1v) is 45.1. The van der Waals surface area contributed by atoms with E-state index in [0.29, 0.717) is 19.8 Å². The first-order valence-electron chi connectivity index (χ1n) is 45.1. The fourth-order valence-corrected chi connectivity index (χ4v) is 14.3. The molecule has 567 valence electrons. The highest BCUT2D eigenvalue weighted by molar-refractivity contribution is 5.75. The summed E-state index contributed by atoms with van der Waals surface area (Å²) in [5, 5.41) is 26.3. The summed E-state index contributed by atoms with van der Waals surface area (Å²) in [7, 11) is 0. The lowest BCUT2D eigenvalue weighted by Gasteiger charge is -2.04. The van der Waals surface area contributed by atoms with Crippen LogP contribution in [0.5, 0.6) is 0 Å². The zero-order valence-corrected chi connectivity index (χ0v) is 67.6. The van der Waals surface area contributed by atoms with Gasteiger partial charge in [-0.1, -0.05) is 541 Å². The van der Waals surface area contributed by atoms with Crippen molar-refractivity contribution < 1.29 is 15.3 Å². The minimum Gasteiger partial charge on any atom is -0.396 e. The molecule has 0 rings (SSSR count). The summed E-state index contributed by atoms with van der Waals surface area (Å²) < 4.78 is 0. The smallest absolute Gasteiger partial charge is 0.0431 e. The standard InChI is InChI=1S/3C30H62O.Al/c3*1-2-3-4-5-6-7-8-9-10-11-12-13-14-15-16-17-18-19-20-21-22-23-24-25-26-27-28-29-30-31;/h3*31H,2-30H2,1H3;. The van der Waals surface area contributed by atoms with Crippen LogP contribution < -0.4 is 0 Å². The van der Waals surface area contributed by atoms with Crippen LogP contribution in [0.25, 0.3) is 0 Å². The maximum absolute atomic E-state index is 8.76. The predicted octanol–water partition coefficient (Wildman–Crippen LogP) is 32.4. The molecule has 94 heavy (non-hydrogen) atoms. The summed E-state index contributed by atoms with van der Waals surface area (Å²) in [6, 6.07) is 0. The van der Waals surface area contributed by atoms with Gasteiger partial charge in [-0.15, -0.1) is 0 Å². The quantitative estimate of drug-likeness (QED) is 0.0420. The number of unbranched alkanes of at least 4 members (excludes halogenated alkanes) is 81. The van der Waals surface area contributed by atoms with Crippen molar-refractivity contribution in [2.45, 2.75) is 560 Å². The van der Waals surface area contributed by atoms with Crippen LogP contribution in [0, 0.1) is 0 Å². The monoisotopic (exact) mass is 1340 g/mol. The van der Waals surface area contributed by atoms with Gasteiger partial charge in [0, 0.05) is 37.2 Å². The van der Waals surface area contributed by atoms with Crippen molar-refractivity contribution in [2.24, 2.45) is 0 Å². The van der Waals surface area contributed by atoms with Gasteiger partial charge in [-0.3, -0.25) is 0 Å². The van der Waals surface area contributed by atoms with Gasteiger partial charge >= 0.3 is 0 Å². The van der Waals surface area contributed by atoms with Gasteiger partial charge in [-0.2, -0.15) is 0 Å². The van der Waals surface area contributed by atoms with E-state index in [2.05, 4.69) is 20.8 Å². The Morgan fingerprint density at radius 2 is 0.149 bits per heavy atom. The molecule has 0 amide bonds. The number of rotatable bonds is 84. The van der Waals surface area contributed by atoms with Gasteiger partial charge in [0.1, 0.15) is 0 Å². The second-order valence-corrected chi connectivity index (χ2v) is 30.8. The van der Waals surface area contributed by atoms with Gasteiger partial charge < -0.3 is 15.3 Å². The highest BCUT2D eigenvalue weighted by Gasteiger charge is 2.02. The van der Waals surface area contributed by atoms with Crippen molar-refractivity contribution in [3.63, 3.8) is 0 Å². The first kappa shape index (κ1) is 101. The molecule has 0 saturated heterocycles. The third-order valence-electron chi connectivity index (χ3n) is 21.0. The largest absolute Gasteiger partial charge is 0.396 e. The van der Waals surface area contributed by atoms with Gasteiger partial charge in [0.15, 0.2) is 0 Å². The minimum absolute atomic E-state index is 0. The molecule has 0 aliphatic heterocycles. The van der Waals surface area contributed by atoms with E-state index in [0.717, 1.165) is 19.3 Å². The zero-order chi connectivity index (χ0) is 67.5. The van der Waals surface area contributed by atoms with Gasteiger partial charge in [-0.05, 0) is 19.3 Å². The summed E-state index contributed by atoms with van der Waals surface area (Å²) in [6.45, 7) is 8.03. The molecule has 0 aliphatic rings. The van der Waals surface area contributed by atoms with Crippen molar-refractivity contribution in [3.05, 3.63) is 0 Å². The van der Waals surface area contributed by atoms with Crippen LogP contribution in [0.1, 0.15) is 560 Å². The van der Waals surface area contributed by atoms with E-state index in [1.165, 1.54) is 520 Å². The van der Waals surface area contributed by atoms with E-state index in [9.17, 15) is 0 Å². The Bertz CT molecular complexity index is 926. The van der Waals surface area contributed by atoms with Crippen LogP contribution in [-0.2, 0) is 0 Å². The van der Waals surface area contributed by atoms with E-state index < -0.39 is 0 Å². The van der Waals surface area contributed by atoms with Crippen molar-refractivity contribution in [1.29, 1.82) is 0 Å². The third-order valence-corrected chi connectivity index (χ3v) is 21.0. The Hall–Kier alpha value is 0.412. The Kier molecular flexibility index (Phi) is 112. The Morgan fingerprint density at radius 3 is 0.202 bits per heavy atom. The second-order valence-electron chi connectivity index (χ2n) is 30.8. The first-order chi connectivity index (χ1) is 46.2. The number of hydrogen-bond acceptors (Lipinski definition) is 3. The SMILES string of the molecule is CCCCCCCCCCCCCCCCCCCCCCCCCCCCCCO.CCCCCCCCCCCCCCCCCCCCCCCCCCCCCCO.CCCCCCCCCCCCCCCCCCCCCCCCCCCCCCO.[Al]. The van der Waals surface area contributed by atoms with Crippen LogP contribution in [0.3, 0.4) is 0 Å². The molecule has 0 aromatic carbocycles. The molecule has 0 atom stereocenters. The molecule has 3 N–H and O–H groups in total. The van der Waals surface area contributed by atoms with E-state index in [-0.39, 0.29) is 17.4 Å². The Labute approximate surface area is 608 Å². The maximum Gasteiger partial charge on any atom is 0.0431 e. The number of aliphatic hydroxyl groups excluding tert-OH is 3. The summed E-state index contributed by atoms with van der Waals surface area (Å²) in [6.07, 6.45) is 120. The lowest BCUT2D eigenvalue weighted by atomic mass is 10.0. The topological polar surface area (TPSA) is 60.7 Å². The van der Waals surface area contributed by atoms with Crippen LogP contribution in [0.2, 0.25) is 0 Å². The van der Waals surface area contributed by atoms with Crippen molar-refractivity contribution >= 4 is 17.4 Å². The van der Waals surface area contributed by atoms with Gasteiger partial charge in [0.05, 0.1) is 0 Å². The van der Waals surface area contributed by atoms with Crippen LogP contribution >= 0.6 is 0 Å². The summed E-state index contributed by atoms with van der Waals surface area (Å²) in [5.41, 5.74) is 0. The second kappa shape index (κ2) is 104. The predicted molar refractivity (Wildman–Crippen MR) is 432 cm³/mol. The fraction of sp³-hybridized carbons (Fsp3) is 1.00. The van der Waals surface area contributed by atoms with Crippen LogP contribution in [0.15, 0.2) is 0 Å². The highest BCUT2D eigenvalue weighted by atomic mass is 27.0. The molecule has 3 radical (unpaired) electrons. The molecule has 0 saturated carbocycles. The third kappa shape index (κ3) is 108. The minimum atomic E-state index is 0. The fourth-order valence-electron chi connectivity index (χ4n) is 14.3. The number of aliphatic hydroxyl groups is 3. The molecule has 4 heteroatoms. The lowest BCUT2D eigenvalue weighted by molar-refractivity contribution is 0.282. The van der Waals surface area contributed by atoms with Gasteiger partial charge in [0.2, 0.25) is 0 Å². The van der Waals surface area contributed by atoms with Crippen molar-refractivity contribution in [1.82, 2.24) is 0 Å². The Balaban J connectivity index is -0.000000643. The zero-order valence-electron chi connectivity index (χ0n) is 66.4. The molecule has 0 bridgehead atoms. The molecule has 0 unspecified atom stereocenters. The van der Waals surface area contributed by atoms with E-state index >= 15 is 0 Å². The molecular formula is C90H186AlO3. The normalized spacial score (nSPS) is 11.3. The summed E-state index contributed by atoms with van der Waals surface area (Å²) >= 11 is 0. The van der Waals surface area contributed by atoms with Crippen molar-refractivity contribution in [2.75, 3.05) is 19.8 Å². The van der Waals surface area contributed by atoms with Gasteiger partial charge in [0.25, 0.3) is 0 Å². The molecule has 0 aromatic rings. The summed E-state index contributed by atoms with van der Waals surface area (Å²) in [4.78, 5) is 0. The average Bonchev–Trinajstić information content (AvgIpc) is 3.58. The molecule has 0 aromatic heterocycles. The van der Waals surface area contributed by atoms with Crippen LogP contribution in [0.4, 0.5) is 0 Å². The average molecular weight is 1340 g/mol. The number of hydrogen-bond donors (Lipinski definition) is 3. The van der Waals surface area contributed by atoms with Crippen LogP contribution in [-0.4, -0.2) is 52.5 Å². The molecular weight excluding hydrogens is 1160 g/mol. The van der Waals surface area contributed by atoms with Gasteiger partial charge in [-0.25, -0.2) is 0 Å². The van der Waals surface area contributed by atoms with E-state index in [1.807, 2.05) is 0 Å². The summed E-state index contributed by atoms with van der Waals surface area (Å²) in [5.74, 6) is 0. The molecule has 0 spiro atoms. The lowest BCUT2D eigenvalue weighted by Crippen LogP contribution is -1.85. The molecule has 0 fully saturated rings. The molecule has 3 nitrogen and oxygen atoms in total. The molecule has 0 aliphatic carbocycles. The molecule has 0 heterocycles. The Morgan fingerprint density at radius 1 is 0.0957 bits per heavy atom. The van der Waals surface area contributed by atoms with E-state index in [4.69, 9.17) is 15.3 Å². The van der Waals surface area contributed by atoms with Crippen molar-refractivity contribution in [3.8, 4) is 0 Å². The highest BCUT2D eigenvalue weighted by Crippen LogP contribution is 2.21.